The average Bonchev–Trinajstić information content (AvgIpc) is 3.39. The van der Waals surface area contributed by atoms with Crippen LogP contribution in [0, 0.1) is 5.92 Å². The number of carbonyl (C=O) groups is 2. The van der Waals surface area contributed by atoms with Crippen molar-refractivity contribution < 1.29 is 33.0 Å². The number of hydrogen-bond donors (Lipinski definition) is 0. The second-order valence-electron chi connectivity index (χ2n) is 9.78. The van der Waals surface area contributed by atoms with Gasteiger partial charge in [0, 0.05) is 25.3 Å². The molecule has 0 fully saturated rings. The third kappa shape index (κ3) is 6.80. The van der Waals surface area contributed by atoms with Gasteiger partial charge in [0.1, 0.15) is 29.5 Å². The molecule has 0 aliphatic carbocycles. The molecular weight excluding hydrogens is 472 g/mol. The normalized spacial score (nSPS) is 22.9. The summed E-state index contributed by atoms with van der Waals surface area (Å²) in [4.78, 5) is 24.6. The van der Waals surface area contributed by atoms with Crippen LogP contribution in [0.15, 0.2) is 64.1 Å². The van der Waals surface area contributed by atoms with Gasteiger partial charge in [0.15, 0.2) is 0 Å². The molecule has 2 aliphatic rings. The van der Waals surface area contributed by atoms with Crippen LogP contribution < -0.4 is 4.74 Å². The van der Waals surface area contributed by atoms with Gasteiger partial charge in [0.2, 0.25) is 0 Å². The van der Waals surface area contributed by atoms with Gasteiger partial charge in [0.05, 0.1) is 25.9 Å². The molecule has 7 heteroatoms. The largest absolute Gasteiger partial charge is 0.497 e. The number of esters is 2. The van der Waals surface area contributed by atoms with E-state index in [2.05, 4.69) is 6.58 Å². The number of rotatable bonds is 7. The van der Waals surface area contributed by atoms with Gasteiger partial charge in [-0.15, -0.1) is 0 Å². The van der Waals surface area contributed by atoms with Crippen LogP contribution in [-0.4, -0.2) is 31.3 Å². The van der Waals surface area contributed by atoms with E-state index in [0.717, 1.165) is 39.5 Å². The van der Waals surface area contributed by atoms with Crippen LogP contribution in [0.1, 0.15) is 56.3 Å². The fourth-order valence-electron chi connectivity index (χ4n) is 4.70. The maximum absolute atomic E-state index is 12.7. The molecule has 1 aromatic heterocycles. The molecule has 37 heavy (non-hydrogen) atoms. The highest BCUT2D eigenvalue weighted by molar-refractivity contribution is 5.92. The predicted octanol–water partition coefficient (Wildman–Crippen LogP) is 5.72. The molecule has 0 amide bonds. The topological polar surface area (TPSA) is 84.2 Å². The lowest BCUT2D eigenvalue weighted by Gasteiger charge is -2.23. The molecule has 7 nitrogen and oxygen atoms in total. The van der Waals surface area contributed by atoms with Gasteiger partial charge >= 0.3 is 11.9 Å². The maximum Gasteiger partial charge on any atom is 0.338 e. The minimum Gasteiger partial charge on any atom is -0.497 e. The van der Waals surface area contributed by atoms with Crippen molar-refractivity contribution in [3.8, 4) is 5.75 Å². The van der Waals surface area contributed by atoms with E-state index in [4.69, 9.17) is 23.4 Å². The van der Waals surface area contributed by atoms with Gasteiger partial charge in [0.25, 0.3) is 0 Å². The predicted molar refractivity (Wildman–Crippen MR) is 139 cm³/mol. The fourth-order valence-corrected chi connectivity index (χ4v) is 4.70. The maximum atomic E-state index is 12.7. The Kier molecular flexibility index (Phi) is 8.34. The summed E-state index contributed by atoms with van der Waals surface area (Å²) in [6, 6.07) is 9.77. The molecule has 0 unspecified atom stereocenters. The first kappa shape index (κ1) is 26.5. The molecule has 0 N–H and O–H groups in total. The quantitative estimate of drug-likeness (QED) is 0.351. The SMILES string of the molecule is C=C(C)[C@@H]1Cc2oc(cc2COCc2ccc(OC)cc2)/C=C(\C)C[C@@H]2C=C(C(=O)O2)[C@@H](OC(C)=O)C1. The Morgan fingerprint density at radius 1 is 1.14 bits per heavy atom. The highest BCUT2D eigenvalue weighted by Crippen LogP contribution is 2.33. The van der Waals surface area contributed by atoms with Crippen LogP contribution >= 0.6 is 0 Å². The van der Waals surface area contributed by atoms with Crippen molar-refractivity contribution >= 4 is 18.0 Å². The third-order valence-corrected chi connectivity index (χ3v) is 6.65. The molecule has 3 heterocycles. The number of methoxy groups -OCH3 is 1. The van der Waals surface area contributed by atoms with Gasteiger partial charge in [-0.1, -0.05) is 29.9 Å². The van der Waals surface area contributed by atoms with Crippen LogP contribution in [0.2, 0.25) is 0 Å². The second-order valence-corrected chi connectivity index (χ2v) is 9.78. The molecule has 1 aromatic carbocycles. The van der Waals surface area contributed by atoms with Crippen molar-refractivity contribution in [1.29, 1.82) is 0 Å². The molecule has 4 bridgehead atoms. The summed E-state index contributed by atoms with van der Waals surface area (Å²) in [5, 5.41) is 0. The summed E-state index contributed by atoms with van der Waals surface area (Å²) < 4.78 is 28.7. The van der Waals surface area contributed by atoms with E-state index in [0.29, 0.717) is 38.0 Å². The number of carbonyl (C=O) groups excluding carboxylic acids is 2. The number of ether oxygens (including phenoxy) is 4. The van der Waals surface area contributed by atoms with E-state index >= 15 is 0 Å². The van der Waals surface area contributed by atoms with Gasteiger partial charge in [-0.25, -0.2) is 4.79 Å². The Balaban J connectivity index is 1.60. The Bertz CT molecular complexity index is 1220. The van der Waals surface area contributed by atoms with Crippen LogP contribution in [0.3, 0.4) is 0 Å². The number of furan rings is 1. The molecule has 0 spiro atoms. The van der Waals surface area contributed by atoms with E-state index in [1.54, 1.807) is 13.2 Å². The zero-order chi connectivity index (χ0) is 26.5. The van der Waals surface area contributed by atoms with Crippen molar-refractivity contribution in [2.45, 2.75) is 65.5 Å². The van der Waals surface area contributed by atoms with E-state index in [1.807, 2.05) is 50.3 Å². The summed E-state index contributed by atoms with van der Waals surface area (Å²) in [6.45, 7) is 10.3. The van der Waals surface area contributed by atoms with Crippen molar-refractivity contribution in [2.24, 2.45) is 5.92 Å². The molecule has 196 valence electrons. The minimum atomic E-state index is -0.717. The third-order valence-electron chi connectivity index (χ3n) is 6.65. The lowest BCUT2D eigenvalue weighted by atomic mass is 9.87. The second kappa shape index (κ2) is 11.6. The van der Waals surface area contributed by atoms with Crippen molar-refractivity contribution in [3.63, 3.8) is 0 Å². The Morgan fingerprint density at radius 3 is 2.57 bits per heavy atom. The van der Waals surface area contributed by atoms with E-state index in [9.17, 15) is 9.59 Å². The molecule has 2 aliphatic heterocycles. The fraction of sp³-hybridized carbons (Fsp3) is 0.400. The van der Waals surface area contributed by atoms with Crippen molar-refractivity contribution in [3.05, 3.63) is 82.4 Å². The molecular formula is C30H34O7. The number of fused-ring (bicyclic) bond motifs is 3. The van der Waals surface area contributed by atoms with E-state index in [1.165, 1.54) is 6.92 Å². The average molecular weight is 507 g/mol. The van der Waals surface area contributed by atoms with Crippen LogP contribution in [0.5, 0.6) is 5.75 Å². The molecule has 0 saturated heterocycles. The molecule has 3 atom stereocenters. The summed E-state index contributed by atoms with van der Waals surface area (Å²) in [6.07, 6.45) is 4.07. The van der Waals surface area contributed by atoms with E-state index in [-0.39, 0.29) is 5.92 Å². The van der Waals surface area contributed by atoms with Crippen molar-refractivity contribution in [1.82, 2.24) is 0 Å². The van der Waals surface area contributed by atoms with Gasteiger partial charge in [-0.05, 0) is 62.1 Å². The number of allylic oxidation sites excluding steroid dienone is 1. The standard InChI is InChI=1S/C30H34O7/c1-18(2)22-13-28-23(17-34-16-21-6-8-24(33-5)9-7-21)12-25(36-28)10-19(3)11-26-15-27(30(32)37-26)29(14-22)35-20(4)31/h6-10,12,15,22,26,29H,1,11,13-14,16-17H2,2-5H3/b19-10+/t22-,26-,29+/m1/s1. The van der Waals surface area contributed by atoms with E-state index < -0.39 is 24.1 Å². The molecule has 0 saturated carbocycles. The molecule has 4 rings (SSSR count). The van der Waals surface area contributed by atoms with Crippen LogP contribution in [-0.2, 0) is 43.4 Å². The Morgan fingerprint density at radius 2 is 1.89 bits per heavy atom. The zero-order valence-electron chi connectivity index (χ0n) is 21.9. The van der Waals surface area contributed by atoms with Crippen LogP contribution in [0.25, 0.3) is 6.08 Å². The van der Waals surface area contributed by atoms with Gasteiger partial charge in [-0.3, -0.25) is 4.79 Å². The monoisotopic (exact) mass is 506 g/mol. The van der Waals surface area contributed by atoms with Gasteiger partial charge in [-0.2, -0.15) is 0 Å². The van der Waals surface area contributed by atoms with Crippen molar-refractivity contribution in [2.75, 3.05) is 7.11 Å². The minimum absolute atomic E-state index is 0.0951. The highest BCUT2D eigenvalue weighted by Gasteiger charge is 2.35. The van der Waals surface area contributed by atoms with Gasteiger partial charge < -0.3 is 23.4 Å². The Labute approximate surface area is 217 Å². The summed E-state index contributed by atoms with van der Waals surface area (Å²) in [5.74, 6) is 1.34. The summed E-state index contributed by atoms with van der Waals surface area (Å²) in [5.41, 5.74) is 4.29. The number of benzene rings is 1. The summed E-state index contributed by atoms with van der Waals surface area (Å²) in [7, 11) is 1.64. The first-order valence-corrected chi connectivity index (χ1v) is 12.5. The molecule has 2 aromatic rings. The Hall–Kier alpha value is -3.58. The lowest BCUT2D eigenvalue weighted by Crippen LogP contribution is -2.26. The first-order valence-electron chi connectivity index (χ1n) is 12.5. The lowest BCUT2D eigenvalue weighted by molar-refractivity contribution is -0.147. The number of hydrogen-bond acceptors (Lipinski definition) is 7. The highest BCUT2D eigenvalue weighted by atomic mass is 16.6. The van der Waals surface area contributed by atoms with Crippen LogP contribution in [0.4, 0.5) is 0 Å². The molecule has 0 radical (unpaired) electrons. The first-order chi connectivity index (χ1) is 17.7. The zero-order valence-corrected chi connectivity index (χ0v) is 21.9. The summed E-state index contributed by atoms with van der Waals surface area (Å²) >= 11 is 0. The smallest absolute Gasteiger partial charge is 0.338 e.